The van der Waals surface area contributed by atoms with Gasteiger partial charge in [0.2, 0.25) is 11.8 Å². The highest BCUT2D eigenvalue weighted by molar-refractivity contribution is 5.87. The Bertz CT molecular complexity index is 249. The molecule has 1 saturated heterocycles. The van der Waals surface area contributed by atoms with Crippen LogP contribution < -0.4 is 5.32 Å². The predicted molar refractivity (Wildman–Crippen MR) is 51.5 cm³/mol. The largest absolute Gasteiger partial charge is 0.347 e. The average molecular weight is 196 g/mol. The summed E-state index contributed by atoms with van der Waals surface area (Å²) >= 11 is 0. The molecule has 0 aromatic rings. The van der Waals surface area contributed by atoms with Crippen molar-refractivity contribution < 1.29 is 9.59 Å². The SMILES string of the molecule is O=C1CCN(CC2CCC2)C(=O)CN1. The van der Waals surface area contributed by atoms with Gasteiger partial charge in [-0.3, -0.25) is 9.59 Å². The molecule has 0 radical (unpaired) electrons. The van der Waals surface area contributed by atoms with Crippen LogP contribution in [-0.2, 0) is 9.59 Å². The Labute approximate surface area is 83.6 Å². The van der Waals surface area contributed by atoms with Crippen LogP contribution in [0.5, 0.6) is 0 Å². The van der Waals surface area contributed by atoms with Crippen molar-refractivity contribution in [3.63, 3.8) is 0 Å². The van der Waals surface area contributed by atoms with Crippen LogP contribution in [-0.4, -0.2) is 36.3 Å². The van der Waals surface area contributed by atoms with Gasteiger partial charge in [-0.05, 0) is 18.8 Å². The van der Waals surface area contributed by atoms with Gasteiger partial charge in [0.25, 0.3) is 0 Å². The normalized spacial score (nSPS) is 24.1. The van der Waals surface area contributed by atoms with Gasteiger partial charge in [-0.1, -0.05) is 6.42 Å². The van der Waals surface area contributed by atoms with Gasteiger partial charge in [0.05, 0.1) is 6.54 Å². The summed E-state index contributed by atoms with van der Waals surface area (Å²) in [6.07, 6.45) is 4.23. The zero-order valence-electron chi connectivity index (χ0n) is 8.29. The molecule has 0 bridgehead atoms. The molecule has 2 fully saturated rings. The lowest BCUT2D eigenvalue weighted by atomic mass is 9.85. The van der Waals surface area contributed by atoms with E-state index in [1.165, 1.54) is 19.3 Å². The Morgan fingerprint density at radius 1 is 1.36 bits per heavy atom. The molecule has 2 rings (SSSR count). The van der Waals surface area contributed by atoms with Crippen molar-refractivity contribution in [1.29, 1.82) is 0 Å². The highest BCUT2D eigenvalue weighted by atomic mass is 16.2. The van der Waals surface area contributed by atoms with Gasteiger partial charge < -0.3 is 10.2 Å². The smallest absolute Gasteiger partial charge is 0.241 e. The van der Waals surface area contributed by atoms with Crippen molar-refractivity contribution in [1.82, 2.24) is 10.2 Å². The second kappa shape index (κ2) is 3.98. The van der Waals surface area contributed by atoms with Crippen molar-refractivity contribution in [3.05, 3.63) is 0 Å². The fourth-order valence-corrected chi connectivity index (χ4v) is 1.92. The lowest BCUT2D eigenvalue weighted by Gasteiger charge is -2.31. The molecule has 1 saturated carbocycles. The van der Waals surface area contributed by atoms with E-state index in [4.69, 9.17) is 0 Å². The molecule has 1 heterocycles. The molecule has 0 spiro atoms. The minimum absolute atomic E-state index is 0.00513. The number of rotatable bonds is 2. The van der Waals surface area contributed by atoms with Crippen LogP contribution >= 0.6 is 0 Å². The van der Waals surface area contributed by atoms with E-state index < -0.39 is 0 Å². The summed E-state index contributed by atoms with van der Waals surface area (Å²) in [7, 11) is 0. The summed E-state index contributed by atoms with van der Waals surface area (Å²) < 4.78 is 0. The van der Waals surface area contributed by atoms with Gasteiger partial charge in [0, 0.05) is 19.5 Å². The van der Waals surface area contributed by atoms with Crippen LogP contribution in [0.25, 0.3) is 0 Å². The quantitative estimate of drug-likeness (QED) is 0.682. The van der Waals surface area contributed by atoms with Crippen LogP contribution in [0.3, 0.4) is 0 Å². The van der Waals surface area contributed by atoms with E-state index in [2.05, 4.69) is 5.32 Å². The number of amides is 2. The first-order valence-corrected chi connectivity index (χ1v) is 5.30. The highest BCUT2D eigenvalue weighted by Gasteiger charge is 2.25. The number of nitrogens with one attached hydrogen (secondary N) is 1. The van der Waals surface area contributed by atoms with Crippen LogP contribution in [0.4, 0.5) is 0 Å². The van der Waals surface area contributed by atoms with Crippen molar-refractivity contribution in [2.24, 2.45) is 5.92 Å². The average Bonchev–Trinajstić information content (AvgIpc) is 2.24. The van der Waals surface area contributed by atoms with Crippen molar-refractivity contribution in [2.45, 2.75) is 25.7 Å². The van der Waals surface area contributed by atoms with E-state index in [1.807, 2.05) is 4.90 Å². The lowest BCUT2D eigenvalue weighted by Crippen LogP contribution is -2.39. The minimum Gasteiger partial charge on any atom is -0.347 e. The highest BCUT2D eigenvalue weighted by Crippen LogP contribution is 2.27. The van der Waals surface area contributed by atoms with E-state index in [-0.39, 0.29) is 18.4 Å². The number of hydrogen-bond acceptors (Lipinski definition) is 2. The molecule has 4 heteroatoms. The molecule has 1 N–H and O–H groups in total. The summed E-state index contributed by atoms with van der Waals surface area (Å²) in [5.74, 6) is 0.754. The maximum atomic E-state index is 11.5. The lowest BCUT2D eigenvalue weighted by molar-refractivity contribution is -0.131. The number of hydrogen-bond donors (Lipinski definition) is 1. The zero-order chi connectivity index (χ0) is 9.97. The summed E-state index contributed by atoms with van der Waals surface area (Å²) in [6.45, 7) is 1.64. The molecule has 0 aromatic heterocycles. The molecule has 4 nitrogen and oxygen atoms in total. The van der Waals surface area contributed by atoms with E-state index in [1.54, 1.807) is 0 Å². The monoisotopic (exact) mass is 196 g/mol. The fraction of sp³-hybridized carbons (Fsp3) is 0.800. The molecule has 1 aliphatic heterocycles. The molecule has 0 unspecified atom stereocenters. The molecule has 0 aromatic carbocycles. The third kappa shape index (κ3) is 2.05. The van der Waals surface area contributed by atoms with Gasteiger partial charge in [0.15, 0.2) is 0 Å². The van der Waals surface area contributed by atoms with E-state index >= 15 is 0 Å². The molecule has 2 amide bonds. The standard InChI is InChI=1S/C10H16N2O2/c13-9-4-5-12(10(14)6-11-9)7-8-2-1-3-8/h8H,1-7H2,(H,11,13). The van der Waals surface area contributed by atoms with Gasteiger partial charge in [0.1, 0.15) is 0 Å². The van der Waals surface area contributed by atoms with Gasteiger partial charge >= 0.3 is 0 Å². The Morgan fingerprint density at radius 2 is 2.14 bits per heavy atom. The van der Waals surface area contributed by atoms with E-state index in [9.17, 15) is 9.59 Å². The number of nitrogens with zero attached hydrogens (tertiary/aromatic N) is 1. The van der Waals surface area contributed by atoms with Crippen LogP contribution in [0, 0.1) is 5.92 Å². The molecule has 2 aliphatic rings. The van der Waals surface area contributed by atoms with Gasteiger partial charge in [-0.2, -0.15) is 0 Å². The topological polar surface area (TPSA) is 49.4 Å². The van der Waals surface area contributed by atoms with Gasteiger partial charge in [-0.25, -0.2) is 0 Å². The van der Waals surface area contributed by atoms with Crippen molar-refractivity contribution >= 4 is 11.8 Å². The Kier molecular flexibility index (Phi) is 2.70. The molecule has 0 atom stereocenters. The second-order valence-electron chi connectivity index (χ2n) is 4.16. The molecular weight excluding hydrogens is 180 g/mol. The van der Waals surface area contributed by atoms with Gasteiger partial charge in [-0.15, -0.1) is 0 Å². The summed E-state index contributed by atoms with van der Waals surface area (Å²) in [4.78, 5) is 24.4. The third-order valence-corrected chi connectivity index (χ3v) is 3.10. The van der Waals surface area contributed by atoms with Crippen molar-refractivity contribution in [2.75, 3.05) is 19.6 Å². The summed E-state index contributed by atoms with van der Waals surface area (Å²) in [6, 6.07) is 0. The van der Waals surface area contributed by atoms with E-state index in [0.717, 1.165) is 6.54 Å². The minimum atomic E-state index is -0.00513. The second-order valence-corrected chi connectivity index (χ2v) is 4.16. The van der Waals surface area contributed by atoms with Crippen LogP contribution in [0.15, 0.2) is 0 Å². The first-order valence-electron chi connectivity index (χ1n) is 5.30. The molecule has 1 aliphatic carbocycles. The van der Waals surface area contributed by atoms with Crippen LogP contribution in [0.1, 0.15) is 25.7 Å². The predicted octanol–water partition coefficient (Wildman–Crippen LogP) is 0.135. The summed E-state index contributed by atoms with van der Waals surface area (Å²) in [5.41, 5.74) is 0. The van der Waals surface area contributed by atoms with E-state index in [0.29, 0.717) is 18.9 Å². The Hall–Kier alpha value is -1.06. The Morgan fingerprint density at radius 3 is 2.79 bits per heavy atom. The molecule has 78 valence electrons. The first kappa shape index (κ1) is 9.49. The van der Waals surface area contributed by atoms with Crippen molar-refractivity contribution in [3.8, 4) is 0 Å². The zero-order valence-corrected chi connectivity index (χ0v) is 8.29. The number of carbonyl (C=O) groups is 2. The molecule has 14 heavy (non-hydrogen) atoms. The summed E-state index contributed by atoms with van der Waals surface area (Å²) in [5, 5.41) is 2.60. The van der Waals surface area contributed by atoms with Crippen LogP contribution in [0.2, 0.25) is 0 Å². The maximum Gasteiger partial charge on any atom is 0.241 e. The fourth-order valence-electron chi connectivity index (χ4n) is 1.92. The maximum absolute atomic E-state index is 11.5. The third-order valence-electron chi connectivity index (χ3n) is 3.10. The number of carbonyl (C=O) groups excluding carboxylic acids is 2. The first-order chi connectivity index (χ1) is 6.75. The Balaban J connectivity index is 1.88. The molecular formula is C10H16N2O2.